The zero-order valence-electron chi connectivity index (χ0n) is 7.93. The molecule has 5 nitrogen and oxygen atoms in total. The van der Waals surface area contributed by atoms with Crippen molar-refractivity contribution in [1.29, 1.82) is 0 Å². The number of aliphatic hydroxyl groups excluding tert-OH is 3. The third-order valence-corrected chi connectivity index (χ3v) is 2.05. The van der Waals surface area contributed by atoms with Crippen molar-refractivity contribution in [3.05, 3.63) is 0 Å². The molecule has 0 saturated heterocycles. The molecule has 0 fully saturated rings. The minimum absolute atomic E-state index is 0.0862. The number of hydrogen-bond donors (Lipinski definition) is 5. The summed E-state index contributed by atoms with van der Waals surface area (Å²) in [5, 5.41) is 27.9. The van der Waals surface area contributed by atoms with Gasteiger partial charge in [-0.05, 0) is 6.42 Å². The molecule has 0 saturated carbocycles. The van der Waals surface area contributed by atoms with Crippen LogP contribution in [0.5, 0.6) is 0 Å². The van der Waals surface area contributed by atoms with Crippen LogP contribution in [0.1, 0.15) is 19.8 Å². The molecule has 0 heterocycles. The normalized spacial score (nSPS) is 20.8. The maximum atomic E-state index is 9.43. The summed E-state index contributed by atoms with van der Waals surface area (Å²) in [6.07, 6.45) is -2.05. The Morgan fingerprint density at radius 2 is 1.69 bits per heavy atom. The van der Waals surface area contributed by atoms with Crippen molar-refractivity contribution in [3.8, 4) is 0 Å². The first kappa shape index (κ1) is 12.8. The number of nitrogens with two attached hydrogens (primary N) is 2. The van der Waals surface area contributed by atoms with Crippen LogP contribution in [0.2, 0.25) is 0 Å². The van der Waals surface area contributed by atoms with Crippen LogP contribution in [-0.2, 0) is 0 Å². The third-order valence-electron chi connectivity index (χ3n) is 2.05. The standard InChI is InChI=1S/C8H20N2O3/c1-2-3-5(10)7(12)8(13)6(11)4-9/h5-8,11-13H,2-4,9-10H2,1H3/t5-,6+,7+,8-/m1/s1. The summed E-state index contributed by atoms with van der Waals surface area (Å²) in [6, 6.07) is -0.513. The SMILES string of the molecule is CCC[C@@H](N)[C@H](O)[C@H](O)[C@@H](O)CN. The van der Waals surface area contributed by atoms with Gasteiger partial charge in [-0.2, -0.15) is 0 Å². The van der Waals surface area contributed by atoms with Crippen molar-refractivity contribution in [2.75, 3.05) is 6.54 Å². The topological polar surface area (TPSA) is 113 Å². The predicted octanol–water partition coefficient (Wildman–Crippen LogP) is -1.84. The Morgan fingerprint density at radius 1 is 1.15 bits per heavy atom. The molecule has 0 spiro atoms. The fraction of sp³-hybridized carbons (Fsp3) is 1.00. The van der Waals surface area contributed by atoms with Gasteiger partial charge in [0.05, 0.1) is 12.2 Å². The van der Waals surface area contributed by atoms with Crippen molar-refractivity contribution in [2.24, 2.45) is 11.5 Å². The van der Waals surface area contributed by atoms with E-state index in [-0.39, 0.29) is 6.54 Å². The van der Waals surface area contributed by atoms with Crippen LogP contribution >= 0.6 is 0 Å². The van der Waals surface area contributed by atoms with Crippen LogP contribution in [0.25, 0.3) is 0 Å². The summed E-state index contributed by atoms with van der Waals surface area (Å²) in [5.74, 6) is 0. The average Bonchev–Trinajstić information content (AvgIpc) is 2.14. The van der Waals surface area contributed by atoms with E-state index in [0.29, 0.717) is 6.42 Å². The lowest BCUT2D eigenvalue weighted by atomic mass is 9.98. The zero-order valence-corrected chi connectivity index (χ0v) is 7.93. The summed E-state index contributed by atoms with van der Waals surface area (Å²) in [7, 11) is 0. The average molecular weight is 192 g/mol. The van der Waals surface area contributed by atoms with E-state index in [0.717, 1.165) is 6.42 Å². The van der Waals surface area contributed by atoms with Gasteiger partial charge in [0, 0.05) is 12.6 Å². The molecule has 4 atom stereocenters. The highest BCUT2D eigenvalue weighted by Crippen LogP contribution is 2.06. The van der Waals surface area contributed by atoms with Crippen molar-refractivity contribution < 1.29 is 15.3 Å². The maximum Gasteiger partial charge on any atom is 0.108 e. The minimum Gasteiger partial charge on any atom is -0.389 e. The molecule has 5 heteroatoms. The molecule has 0 aromatic carbocycles. The highest BCUT2D eigenvalue weighted by atomic mass is 16.4. The summed E-state index contributed by atoms with van der Waals surface area (Å²) >= 11 is 0. The van der Waals surface area contributed by atoms with E-state index in [1.807, 2.05) is 6.92 Å². The first-order valence-electron chi connectivity index (χ1n) is 4.54. The zero-order chi connectivity index (χ0) is 10.4. The van der Waals surface area contributed by atoms with Gasteiger partial charge < -0.3 is 26.8 Å². The first-order valence-corrected chi connectivity index (χ1v) is 4.54. The monoisotopic (exact) mass is 192 g/mol. The highest BCUT2D eigenvalue weighted by molar-refractivity contribution is 4.83. The van der Waals surface area contributed by atoms with Crippen molar-refractivity contribution in [2.45, 2.75) is 44.1 Å². The van der Waals surface area contributed by atoms with Crippen LogP contribution < -0.4 is 11.5 Å². The lowest BCUT2D eigenvalue weighted by Crippen LogP contribution is -2.50. The molecule has 0 radical (unpaired) electrons. The van der Waals surface area contributed by atoms with E-state index in [1.54, 1.807) is 0 Å². The van der Waals surface area contributed by atoms with Crippen molar-refractivity contribution in [3.63, 3.8) is 0 Å². The van der Waals surface area contributed by atoms with Crippen LogP contribution in [-0.4, -0.2) is 46.2 Å². The summed E-state index contributed by atoms with van der Waals surface area (Å²) in [6.45, 7) is 1.84. The largest absolute Gasteiger partial charge is 0.389 e. The maximum absolute atomic E-state index is 9.43. The van der Waals surface area contributed by atoms with Gasteiger partial charge in [-0.15, -0.1) is 0 Å². The number of aliphatic hydroxyl groups is 3. The van der Waals surface area contributed by atoms with Gasteiger partial charge in [-0.1, -0.05) is 13.3 Å². The second kappa shape index (κ2) is 6.28. The Bertz CT molecular complexity index is 135. The summed E-state index contributed by atoms with van der Waals surface area (Å²) in [4.78, 5) is 0. The molecule has 13 heavy (non-hydrogen) atoms. The van der Waals surface area contributed by atoms with Gasteiger partial charge in [0.1, 0.15) is 6.10 Å². The summed E-state index contributed by atoms with van der Waals surface area (Å²) < 4.78 is 0. The number of rotatable bonds is 6. The molecule has 0 rings (SSSR count). The van der Waals surface area contributed by atoms with Crippen LogP contribution in [0.4, 0.5) is 0 Å². The second-order valence-electron chi connectivity index (χ2n) is 3.24. The Kier molecular flexibility index (Phi) is 6.19. The van der Waals surface area contributed by atoms with Gasteiger partial charge in [-0.25, -0.2) is 0 Å². The molecular formula is C8H20N2O3. The Labute approximate surface area is 78.4 Å². The molecule has 0 aromatic heterocycles. The Morgan fingerprint density at radius 3 is 2.08 bits per heavy atom. The molecule has 7 N–H and O–H groups in total. The summed E-state index contributed by atoms with van der Waals surface area (Å²) in [5.41, 5.74) is 10.7. The van der Waals surface area contributed by atoms with Crippen LogP contribution in [0, 0.1) is 0 Å². The van der Waals surface area contributed by atoms with Crippen LogP contribution in [0.15, 0.2) is 0 Å². The van der Waals surface area contributed by atoms with E-state index < -0.39 is 24.4 Å². The smallest absolute Gasteiger partial charge is 0.108 e. The molecule has 80 valence electrons. The van der Waals surface area contributed by atoms with Crippen molar-refractivity contribution in [1.82, 2.24) is 0 Å². The highest BCUT2D eigenvalue weighted by Gasteiger charge is 2.27. The van der Waals surface area contributed by atoms with E-state index in [4.69, 9.17) is 16.6 Å². The molecule has 0 aliphatic carbocycles. The van der Waals surface area contributed by atoms with E-state index >= 15 is 0 Å². The molecule has 0 aliphatic heterocycles. The lowest BCUT2D eigenvalue weighted by molar-refractivity contribution is -0.0647. The predicted molar refractivity (Wildman–Crippen MR) is 50.0 cm³/mol. The fourth-order valence-electron chi connectivity index (χ4n) is 1.12. The minimum atomic E-state index is -1.26. The molecule has 0 aromatic rings. The molecular weight excluding hydrogens is 172 g/mol. The van der Waals surface area contributed by atoms with E-state index in [1.165, 1.54) is 0 Å². The molecule has 0 unspecified atom stereocenters. The third kappa shape index (κ3) is 4.02. The Hall–Kier alpha value is -0.200. The van der Waals surface area contributed by atoms with Gasteiger partial charge in [0.25, 0.3) is 0 Å². The van der Waals surface area contributed by atoms with Crippen molar-refractivity contribution >= 4 is 0 Å². The molecule has 0 amide bonds. The van der Waals surface area contributed by atoms with Crippen LogP contribution in [0.3, 0.4) is 0 Å². The quantitative estimate of drug-likeness (QED) is 0.339. The molecule has 0 aliphatic rings. The number of hydrogen-bond acceptors (Lipinski definition) is 5. The second-order valence-corrected chi connectivity index (χ2v) is 3.24. The lowest BCUT2D eigenvalue weighted by Gasteiger charge is -2.26. The van der Waals surface area contributed by atoms with Gasteiger partial charge in [0.15, 0.2) is 0 Å². The molecule has 0 bridgehead atoms. The van der Waals surface area contributed by atoms with E-state index in [2.05, 4.69) is 0 Å². The van der Waals surface area contributed by atoms with Gasteiger partial charge >= 0.3 is 0 Å². The van der Waals surface area contributed by atoms with E-state index in [9.17, 15) is 10.2 Å². The van der Waals surface area contributed by atoms with Gasteiger partial charge in [0.2, 0.25) is 0 Å². The Balaban J connectivity index is 3.99. The first-order chi connectivity index (χ1) is 6.04. The van der Waals surface area contributed by atoms with Gasteiger partial charge in [-0.3, -0.25) is 0 Å². The fourth-order valence-corrected chi connectivity index (χ4v) is 1.12.